The molecular formula is C22H14Cl2N4. The van der Waals surface area contributed by atoms with Gasteiger partial charge in [0.25, 0.3) is 0 Å². The van der Waals surface area contributed by atoms with E-state index in [2.05, 4.69) is 4.57 Å². The van der Waals surface area contributed by atoms with E-state index >= 15 is 0 Å². The fraction of sp³-hybridized carbons (Fsp3) is 0.0455. The molecule has 4 nitrogen and oxygen atoms in total. The Kier molecular flexibility index (Phi) is 4.23. The Morgan fingerprint density at radius 3 is 2.14 bits per heavy atom. The van der Waals surface area contributed by atoms with Gasteiger partial charge in [0, 0.05) is 15.6 Å². The van der Waals surface area contributed by atoms with Crippen LogP contribution in [-0.4, -0.2) is 19.5 Å². The highest BCUT2D eigenvalue weighted by atomic mass is 35.5. The van der Waals surface area contributed by atoms with E-state index in [4.69, 9.17) is 38.2 Å². The van der Waals surface area contributed by atoms with Gasteiger partial charge in [0.2, 0.25) is 0 Å². The Hall–Kier alpha value is -2.95. The lowest BCUT2D eigenvalue weighted by atomic mass is 10.2. The molecule has 2 aromatic heterocycles. The van der Waals surface area contributed by atoms with Crippen molar-refractivity contribution in [3.05, 3.63) is 88.4 Å². The Morgan fingerprint density at radius 1 is 0.714 bits per heavy atom. The summed E-state index contributed by atoms with van der Waals surface area (Å²) in [7, 11) is 0. The quantitative estimate of drug-likeness (QED) is 0.370. The van der Waals surface area contributed by atoms with E-state index in [1.54, 1.807) is 0 Å². The molecule has 2 heterocycles. The second-order valence-electron chi connectivity index (χ2n) is 6.48. The van der Waals surface area contributed by atoms with Crippen molar-refractivity contribution in [1.82, 2.24) is 19.5 Å². The fourth-order valence-corrected chi connectivity index (χ4v) is 3.59. The van der Waals surface area contributed by atoms with Crippen molar-refractivity contribution >= 4 is 45.5 Å². The molecule has 0 spiro atoms. The second-order valence-corrected chi connectivity index (χ2v) is 7.32. The third kappa shape index (κ3) is 3.01. The van der Waals surface area contributed by atoms with Crippen LogP contribution < -0.4 is 0 Å². The molecule has 5 aromatic rings. The summed E-state index contributed by atoms with van der Waals surface area (Å²) in [6.07, 6.45) is 0. The zero-order valence-electron chi connectivity index (χ0n) is 14.7. The van der Waals surface area contributed by atoms with E-state index < -0.39 is 0 Å². The predicted molar refractivity (Wildman–Crippen MR) is 114 cm³/mol. The Balaban J connectivity index is 1.78. The van der Waals surface area contributed by atoms with Crippen LogP contribution in [-0.2, 0) is 6.54 Å². The normalized spacial score (nSPS) is 11.4. The molecule has 0 saturated carbocycles. The Bertz CT molecular complexity index is 1310. The van der Waals surface area contributed by atoms with Crippen molar-refractivity contribution in [2.45, 2.75) is 6.54 Å². The van der Waals surface area contributed by atoms with Crippen molar-refractivity contribution in [1.29, 1.82) is 0 Å². The monoisotopic (exact) mass is 404 g/mol. The van der Waals surface area contributed by atoms with Gasteiger partial charge in [-0.25, -0.2) is 15.0 Å². The maximum atomic E-state index is 6.42. The van der Waals surface area contributed by atoms with Gasteiger partial charge in [-0.3, -0.25) is 0 Å². The predicted octanol–water partition coefficient (Wildman–Crippen LogP) is 6.00. The minimum atomic E-state index is 0.543. The second kappa shape index (κ2) is 6.89. The van der Waals surface area contributed by atoms with Crippen LogP contribution >= 0.6 is 23.2 Å². The van der Waals surface area contributed by atoms with Crippen LogP contribution in [0.5, 0.6) is 0 Å². The summed E-state index contributed by atoms with van der Waals surface area (Å²) in [5.41, 5.74) is 4.92. The van der Waals surface area contributed by atoms with Gasteiger partial charge in [-0.2, -0.15) is 0 Å². The smallest absolute Gasteiger partial charge is 0.198 e. The lowest BCUT2D eigenvalue weighted by Crippen LogP contribution is -2.04. The van der Waals surface area contributed by atoms with Gasteiger partial charge in [-0.15, -0.1) is 0 Å². The molecule has 0 atom stereocenters. The molecule has 0 N–H and O–H groups in total. The van der Waals surface area contributed by atoms with Gasteiger partial charge in [0.15, 0.2) is 11.3 Å². The lowest BCUT2D eigenvalue weighted by molar-refractivity contribution is 0.825. The first-order valence-corrected chi connectivity index (χ1v) is 9.57. The molecule has 0 aliphatic rings. The summed E-state index contributed by atoms with van der Waals surface area (Å²) in [5.74, 6) is 0.780. The van der Waals surface area contributed by atoms with Gasteiger partial charge in [0.05, 0.1) is 17.6 Å². The molecule has 0 amide bonds. The lowest BCUT2D eigenvalue weighted by Gasteiger charge is -2.10. The van der Waals surface area contributed by atoms with Crippen LogP contribution in [0.15, 0.2) is 72.8 Å². The number of imidazole rings is 1. The molecule has 136 valence electrons. The average molecular weight is 405 g/mol. The third-order valence-corrected chi connectivity index (χ3v) is 5.27. The van der Waals surface area contributed by atoms with Crippen LogP contribution in [0.1, 0.15) is 5.56 Å². The molecule has 0 unspecified atom stereocenters. The summed E-state index contributed by atoms with van der Waals surface area (Å²) in [6.45, 7) is 0.543. The topological polar surface area (TPSA) is 43.6 Å². The maximum absolute atomic E-state index is 6.42. The fourth-order valence-electron chi connectivity index (χ4n) is 3.26. The summed E-state index contributed by atoms with van der Waals surface area (Å²) >= 11 is 12.5. The molecule has 6 heteroatoms. The first kappa shape index (κ1) is 17.2. The maximum Gasteiger partial charge on any atom is 0.198 e. The van der Waals surface area contributed by atoms with E-state index in [1.807, 2.05) is 72.8 Å². The molecular weight excluding hydrogens is 391 g/mol. The Labute approximate surface area is 171 Å². The van der Waals surface area contributed by atoms with Crippen LogP contribution in [0.25, 0.3) is 33.7 Å². The standard InChI is InChI=1S/C22H14Cl2N4/c23-16-11-9-14(10-12-16)21-27-20-22(26-19-8-4-3-7-18(19)25-20)28(21)13-15-5-1-2-6-17(15)24/h1-12H,13H2. The van der Waals surface area contributed by atoms with Crippen LogP contribution in [0.2, 0.25) is 10.0 Å². The summed E-state index contributed by atoms with van der Waals surface area (Å²) in [5, 5.41) is 1.39. The molecule has 5 rings (SSSR count). The zero-order valence-corrected chi connectivity index (χ0v) is 16.2. The van der Waals surface area contributed by atoms with Crippen molar-refractivity contribution in [2.24, 2.45) is 0 Å². The molecule has 0 bridgehead atoms. The van der Waals surface area contributed by atoms with Crippen molar-refractivity contribution in [3.8, 4) is 11.4 Å². The first-order chi connectivity index (χ1) is 13.7. The number of benzene rings is 3. The Morgan fingerprint density at radius 2 is 1.39 bits per heavy atom. The highest BCUT2D eigenvalue weighted by Crippen LogP contribution is 2.28. The number of fused-ring (bicyclic) bond motifs is 2. The molecule has 28 heavy (non-hydrogen) atoms. The summed E-state index contributed by atoms with van der Waals surface area (Å²) < 4.78 is 2.05. The molecule has 0 aliphatic carbocycles. The number of hydrogen-bond acceptors (Lipinski definition) is 3. The summed E-state index contributed by atoms with van der Waals surface area (Å²) in [4.78, 5) is 14.3. The van der Waals surface area contributed by atoms with Crippen molar-refractivity contribution in [2.75, 3.05) is 0 Å². The number of nitrogens with zero attached hydrogens (tertiary/aromatic N) is 4. The van der Waals surface area contributed by atoms with Crippen LogP contribution in [0, 0.1) is 0 Å². The van der Waals surface area contributed by atoms with Crippen molar-refractivity contribution < 1.29 is 0 Å². The molecule has 0 saturated heterocycles. The highest BCUT2D eigenvalue weighted by molar-refractivity contribution is 6.31. The van der Waals surface area contributed by atoms with E-state index in [0.29, 0.717) is 22.2 Å². The van der Waals surface area contributed by atoms with Crippen LogP contribution in [0.4, 0.5) is 0 Å². The van der Waals surface area contributed by atoms with E-state index in [0.717, 1.165) is 33.6 Å². The largest absolute Gasteiger partial charge is 0.303 e. The minimum absolute atomic E-state index is 0.543. The molecule has 3 aromatic carbocycles. The number of para-hydroxylation sites is 2. The molecule has 0 radical (unpaired) electrons. The zero-order chi connectivity index (χ0) is 19.1. The average Bonchev–Trinajstić information content (AvgIpc) is 3.06. The SMILES string of the molecule is Clc1ccc(-c2nc3nc4ccccc4nc3n2Cc2ccccc2Cl)cc1. The van der Waals surface area contributed by atoms with E-state index in [9.17, 15) is 0 Å². The van der Waals surface area contributed by atoms with Crippen LogP contribution in [0.3, 0.4) is 0 Å². The molecule has 0 fully saturated rings. The van der Waals surface area contributed by atoms with E-state index in [-0.39, 0.29) is 0 Å². The minimum Gasteiger partial charge on any atom is -0.303 e. The van der Waals surface area contributed by atoms with Gasteiger partial charge in [0.1, 0.15) is 5.82 Å². The number of aromatic nitrogens is 4. The van der Waals surface area contributed by atoms with Gasteiger partial charge in [-0.05, 0) is 48.0 Å². The first-order valence-electron chi connectivity index (χ1n) is 8.81. The summed E-state index contributed by atoms with van der Waals surface area (Å²) in [6, 6.07) is 23.2. The third-order valence-electron chi connectivity index (χ3n) is 4.65. The van der Waals surface area contributed by atoms with Gasteiger partial charge >= 0.3 is 0 Å². The van der Waals surface area contributed by atoms with E-state index in [1.165, 1.54) is 0 Å². The van der Waals surface area contributed by atoms with Crippen molar-refractivity contribution in [3.63, 3.8) is 0 Å². The number of rotatable bonds is 3. The van der Waals surface area contributed by atoms with Gasteiger partial charge in [-0.1, -0.05) is 53.5 Å². The number of hydrogen-bond donors (Lipinski definition) is 0. The van der Waals surface area contributed by atoms with Gasteiger partial charge < -0.3 is 4.57 Å². The highest BCUT2D eigenvalue weighted by Gasteiger charge is 2.17. The molecule has 0 aliphatic heterocycles. The number of halogens is 2.